The van der Waals surface area contributed by atoms with Crippen molar-refractivity contribution in [2.75, 3.05) is 0 Å². The van der Waals surface area contributed by atoms with Gasteiger partial charge in [-0.15, -0.1) is 0 Å². The Bertz CT molecular complexity index is 122. The molecule has 0 aromatic carbocycles. The normalized spacial score (nSPS) is 14.8. The number of allylic oxidation sites excluding steroid dienone is 2. The van der Waals surface area contributed by atoms with Crippen molar-refractivity contribution in [3.63, 3.8) is 0 Å². The highest BCUT2D eigenvalue weighted by Gasteiger charge is 1.99. The van der Waals surface area contributed by atoms with Crippen LogP contribution in [-0.4, -0.2) is 0 Å². The summed E-state index contributed by atoms with van der Waals surface area (Å²) >= 11 is 0. The molecule has 0 bridgehead atoms. The van der Waals surface area contributed by atoms with E-state index in [4.69, 9.17) is 0 Å². The number of hydrogen-bond acceptors (Lipinski definition) is 0. The topological polar surface area (TPSA) is 0 Å². The van der Waals surface area contributed by atoms with E-state index < -0.39 is 0 Å². The lowest BCUT2D eigenvalue weighted by molar-refractivity contribution is 0.485. The fraction of sp³-hybridized carbons (Fsp3) is 0.833. The zero-order chi connectivity index (χ0) is 9.40. The van der Waals surface area contributed by atoms with Crippen molar-refractivity contribution in [1.29, 1.82) is 0 Å². The van der Waals surface area contributed by atoms with E-state index in [1.807, 2.05) is 0 Å². The first-order valence-corrected chi connectivity index (χ1v) is 5.36. The standard InChI is InChI=1S/C12H24/c1-5-7-11(3)9-10-12(4)8-6-2/h7,12H,5-6,8-10H2,1-4H3/b11-7-. The van der Waals surface area contributed by atoms with E-state index in [0.717, 1.165) is 5.92 Å². The Hall–Kier alpha value is -0.260. The summed E-state index contributed by atoms with van der Waals surface area (Å²) in [6, 6.07) is 0. The van der Waals surface area contributed by atoms with Gasteiger partial charge in [-0.3, -0.25) is 0 Å². The smallest absolute Gasteiger partial charge is 0.0321 e. The first-order chi connectivity index (χ1) is 5.70. The van der Waals surface area contributed by atoms with E-state index in [9.17, 15) is 0 Å². The Balaban J connectivity index is 3.46. The molecular weight excluding hydrogens is 144 g/mol. The quantitative estimate of drug-likeness (QED) is 0.510. The van der Waals surface area contributed by atoms with Crippen molar-refractivity contribution >= 4 is 0 Å². The first kappa shape index (κ1) is 11.7. The maximum absolute atomic E-state index is 2.36. The Morgan fingerprint density at radius 2 is 1.92 bits per heavy atom. The van der Waals surface area contributed by atoms with Crippen molar-refractivity contribution in [1.82, 2.24) is 0 Å². The summed E-state index contributed by atoms with van der Waals surface area (Å²) in [5.74, 6) is 0.912. The lowest BCUT2D eigenvalue weighted by atomic mass is 9.97. The van der Waals surface area contributed by atoms with Crippen molar-refractivity contribution in [3.05, 3.63) is 11.6 Å². The molecular formula is C12H24. The molecule has 0 spiro atoms. The van der Waals surface area contributed by atoms with Crippen molar-refractivity contribution < 1.29 is 0 Å². The summed E-state index contributed by atoms with van der Waals surface area (Å²) < 4.78 is 0. The SMILES string of the molecule is CC/C=C(/C)CCC(C)CCC. The lowest BCUT2D eigenvalue weighted by Crippen LogP contribution is -1.93. The van der Waals surface area contributed by atoms with Gasteiger partial charge in [0, 0.05) is 0 Å². The van der Waals surface area contributed by atoms with Crippen molar-refractivity contribution in [2.24, 2.45) is 5.92 Å². The van der Waals surface area contributed by atoms with Gasteiger partial charge in [0.15, 0.2) is 0 Å². The summed E-state index contributed by atoms with van der Waals surface area (Å²) in [7, 11) is 0. The van der Waals surface area contributed by atoms with Crippen LogP contribution in [0.5, 0.6) is 0 Å². The van der Waals surface area contributed by atoms with E-state index in [1.165, 1.54) is 32.1 Å². The van der Waals surface area contributed by atoms with Crippen LogP contribution in [-0.2, 0) is 0 Å². The third-order valence-electron chi connectivity index (χ3n) is 2.37. The van der Waals surface area contributed by atoms with Gasteiger partial charge in [-0.05, 0) is 32.1 Å². The highest BCUT2D eigenvalue weighted by Crippen LogP contribution is 2.16. The van der Waals surface area contributed by atoms with Crippen LogP contribution >= 0.6 is 0 Å². The van der Waals surface area contributed by atoms with Gasteiger partial charge in [-0.2, -0.15) is 0 Å². The molecule has 0 aliphatic carbocycles. The van der Waals surface area contributed by atoms with Crippen molar-refractivity contribution in [2.45, 2.75) is 59.8 Å². The van der Waals surface area contributed by atoms with Gasteiger partial charge >= 0.3 is 0 Å². The first-order valence-electron chi connectivity index (χ1n) is 5.36. The molecule has 0 aromatic heterocycles. The van der Waals surface area contributed by atoms with E-state index in [1.54, 1.807) is 5.57 Å². The molecule has 0 aliphatic rings. The molecule has 0 amide bonds. The Labute approximate surface area is 78.1 Å². The fourth-order valence-electron chi connectivity index (χ4n) is 1.56. The molecule has 0 fully saturated rings. The molecule has 0 heteroatoms. The van der Waals surface area contributed by atoms with Crippen LogP contribution in [0.15, 0.2) is 11.6 Å². The van der Waals surface area contributed by atoms with Crippen LogP contribution in [0, 0.1) is 5.92 Å². The molecule has 72 valence electrons. The third kappa shape index (κ3) is 6.45. The lowest BCUT2D eigenvalue weighted by Gasteiger charge is -2.09. The molecule has 0 heterocycles. The van der Waals surface area contributed by atoms with Gasteiger partial charge in [0.25, 0.3) is 0 Å². The molecule has 0 saturated carbocycles. The van der Waals surface area contributed by atoms with E-state index >= 15 is 0 Å². The second kappa shape index (κ2) is 7.39. The van der Waals surface area contributed by atoms with Crippen molar-refractivity contribution in [3.8, 4) is 0 Å². The monoisotopic (exact) mass is 168 g/mol. The molecule has 0 aliphatic heterocycles. The zero-order valence-electron chi connectivity index (χ0n) is 9.19. The van der Waals surface area contributed by atoms with Crippen LogP contribution in [0.25, 0.3) is 0 Å². The maximum atomic E-state index is 2.36. The summed E-state index contributed by atoms with van der Waals surface area (Å²) in [5.41, 5.74) is 1.57. The molecule has 1 atom stereocenters. The maximum Gasteiger partial charge on any atom is -0.0321 e. The second-order valence-corrected chi connectivity index (χ2v) is 3.89. The fourth-order valence-corrected chi connectivity index (χ4v) is 1.56. The molecule has 0 aromatic rings. The summed E-state index contributed by atoms with van der Waals surface area (Å²) in [4.78, 5) is 0. The van der Waals surface area contributed by atoms with E-state index in [-0.39, 0.29) is 0 Å². The predicted octanol–water partition coefficient (Wildman–Crippen LogP) is 4.56. The Kier molecular flexibility index (Phi) is 7.23. The van der Waals surface area contributed by atoms with Gasteiger partial charge in [-0.25, -0.2) is 0 Å². The second-order valence-electron chi connectivity index (χ2n) is 3.89. The van der Waals surface area contributed by atoms with Crippen LogP contribution in [0.2, 0.25) is 0 Å². The van der Waals surface area contributed by atoms with Gasteiger partial charge in [-0.1, -0.05) is 45.3 Å². The molecule has 1 unspecified atom stereocenters. The Morgan fingerprint density at radius 3 is 2.42 bits per heavy atom. The minimum Gasteiger partial charge on any atom is -0.0859 e. The molecule has 0 N–H and O–H groups in total. The minimum absolute atomic E-state index is 0.912. The predicted molar refractivity (Wildman–Crippen MR) is 57.4 cm³/mol. The summed E-state index contributed by atoms with van der Waals surface area (Å²) in [6.07, 6.45) is 8.93. The molecule has 0 nitrogen and oxygen atoms in total. The average Bonchev–Trinajstić information content (AvgIpc) is 2.02. The molecule has 0 rings (SSSR count). The average molecular weight is 168 g/mol. The van der Waals surface area contributed by atoms with Gasteiger partial charge in [0.1, 0.15) is 0 Å². The molecule has 12 heavy (non-hydrogen) atoms. The zero-order valence-corrected chi connectivity index (χ0v) is 9.19. The van der Waals surface area contributed by atoms with Gasteiger partial charge < -0.3 is 0 Å². The molecule has 0 saturated heterocycles. The van der Waals surface area contributed by atoms with Crippen LogP contribution < -0.4 is 0 Å². The van der Waals surface area contributed by atoms with Gasteiger partial charge in [0.05, 0.1) is 0 Å². The minimum atomic E-state index is 0.912. The summed E-state index contributed by atoms with van der Waals surface area (Å²) in [6.45, 7) is 9.09. The van der Waals surface area contributed by atoms with Crippen LogP contribution in [0.1, 0.15) is 59.8 Å². The van der Waals surface area contributed by atoms with E-state index in [0.29, 0.717) is 0 Å². The van der Waals surface area contributed by atoms with Gasteiger partial charge in [0.2, 0.25) is 0 Å². The van der Waals surface area contributed by atoms with Crippen LogP contribution in [0.3, 0.4) is 0 Å². The van der Waals surface area contributed by atoms with Crippen LogP contribution in [0.4, 0.5) is 0 Å². The Morgan fingerprint density at radius 1 is 1.25 bits per heavy atom. The number of rotatable bonds is 6. The molecule has 0 radical (unpaired) electrons. The highest BCUT2D eigenvalue weighted by atomic mass is 14.1. The number of hydrogen-bond donors (Lipinski definition) is 0. The third-order valence-corrected chi connectivity index (χ3v) is 2.37. The highest BCUT2D eigenvalue weighted by molar-refractivity contribution is 4.97. The summed E-state index contributed by atoms with van der Waals surface area (Å²) in [5, 5.41) is 0. The largest absolute Gasteiger partial charge is 0.0859 e. The van der Waals surface area contributed by atoms with E-state index in [2.05, 4.69) is 33.8 Å².